The Bertz CT molecular complexity index is 1050. The number of pyridine rings is 1. The monoisotopic (exact) mass is 401 g/mol. The van der Waals surface area contributed by atoms with Crippen molar-refractivity contribution in [3.05, 3.63) is 60.4 Å². The van der Waals surface area contributed by atoms with Crippen molar-refractivity contribution in [3.63, 3.8) is 0 Å². The summed E-state index contributed by atoms with van der Waals surface area (Å²) in [6, 6.07) is 12.6. The van der Waals surface area contributed by atoms with Crippen LogP contribution in [-0.2, 0) is 21.2 Å². The summed E-state index contributed by atoms with van der Waals surface area (Å²) < 4.78 is 27.6. The topological polar surface area (TPSA) is 92.5 Å². The van der Waals surface area contributed by atoms with Gasteiger partial charge in [-0.05, 0) is 62.7 Å². The molecule has 3 aromatic rings. The van der Waals surface area contributed by atoms with Gasteiger partial charge in [-0.1, -0.05) is 18.2 Å². The van der Waals surface area contributed by atoms with Crippen molar-refractivity contribution in [3.8, 4) is 0 Å². The summed E-state index contributed by atoms with van der Waals surface area (Å²) >= 11 is 0. The minimum atomic E-state index is -3.63. The Kier molecular flexibility index (Phi) is 6.11. The van der Waals surface area contributed by atoms with E-state index in [1.807, 2.05) is 12.1 Å². The fraction of sp³-hybridized carbons (Fsp3) is 0.300. The number of nitrogens with zero attached hydrogens (tertiary/aromatic N) is 3. The lowest BCUT2D eigenvalue weighted by molar-refractivity contribution is -0.122. The summed E-state index contributed by atoms with van der Waals surface area (Å²) in [5, 5.41) is 6.89. The van der Waals surface area contributed by atoms with E-state index < -0.39 is 10.0 Å². The predicted octanol–water partition coefficient (Wildman–Crippen LogP) is 2.61. The molecular formula is C20H23N3O4S. The van der Waals surface area contributed by atoms with E-state index in [1.165, 1.54) is 10.4 Å². The SMILES string of the molecule is CN1CCC[C@@H]1Cc1cn(S(=O)(=O)c2ccccc2)c2cccnc12.O=CO. The molecule has 1 aliphatic heterocycles. The van der Waals surface area contributed by atoms with Crippen LogP contribution in [0.1, 0.15) is 18.4 Å². The zero-order valence-electron chi connectivity index (χ0n) is 15.6. The highest BCUT2D eigenvalue weighted by Crippen LogP contribution is 2.28. The lowest BCUT2D eigenvalue weighted by Crippen LogP contribution is -2.26. The van der Waals surface area contributed by atoms with Crippen LogP contribution >= 0.6 is 0 Å². The number of rotatable bonds is 4. The highest BCUT2D eigenvalue weighted by molar-refractivity contribution is 7.90. The third kappa shape index (κ3) is 3.93. The smallest absolute Gasteiger partial charge is 0.290 e. The van der Waals surface area contributed by atoms with Gasteiger partial charge in [-0.25, -0.2) is 12.4 Å². The molecule has 1 aromatic carbocycles. The Morgan fingerprint density at radius 3 is 2.57 bits per heavy atom. The van der Waals surface area contributed by atoms with Gasteiger partial charge in [0.25, 0.3) is 16.5 Å². The van der Waals surface area contributed by atoms with Crippen LogP contribution in [0.3, 0.4) is 0 Å². The van der Waals surface area contributed by atoms with E-state index in [-0.39, 0.29) is 6.47 Å². The standard InChI is InChI=1S/C19H21N3O2S.CH2O2/c1-21-12-6-7-16(21)13-15-14-22(18-10-5-11-20-19(15)18)25(23,24)17-8-3-2-4-9-17;2-1-3/h2-5,8-11,14,16H,6-7,12-13H2,1H3;1H,(H,2,3)/t16-;/m1./s1. The summed E-state index contributed by atoms with van der Waals surface area (Å²) in [6.07, 6.45) is 6.63. The van der Waals surface area contributed by atoms with Gasteiger partial charge in [0.15, 0.2) is 0 Å². The third-order valence-corrected chi connectivity index (χ3v) is 6.72. The Hall–Kier alpha value is -2.71. The van der Waals surface area contributed by atoms with E-state index >= 15 is 0 Å². The number of likely N-dealkylation sites (tertiary alicyclic amines) is 1. The first-order chi connectivity index (χ1) is 13.5. The molecule has 0 amide bonds. The quantitative estimate of drug-likeness (QED) is 0.676. The van der Waals surface area contributed by atoms with E-state index in [1.54, 1.807) is 42.7 Å². The number of aromatic nitrogens is 2. The molecule has 0 spiro atoms. The maximum Gasteiger partial charge on any atom is 0.290 e. The van der Waals surface area contributed by atoms with Gasteiger partial charge >= 0.3 is 0 Å². The molecule has 1 aliphatic rings. The van der Waals surface area contributed by atoms with Crippen molar-refractivity contribution >= 4 is 27.5 Å². The first kappa shape index (κ1) is 20.0. The molecular weight excluding hydrogens is 378 g/mol. The number of benzene rings is 1. The molecule has 0 bridgehead atoms. The van der Waals surface area contributed by atoms with Crippen molar-refractivity contribution in [1.82, 2.24) is 13.9 Å². The fourth-order valence-electron chi connectivity index (χ4n) is 3.64. The van der Waals surface area contributed by atoms with Gasteiger partial charge in [0.05, 0.1) is 15.9 Å². The second kappa shape index (κ2) is 8.53. The molecule has 8 heteroatoms. The number of fused-ring (bicyclic) bond motifs is 1. The van der Waals surface area contributed by atoms with Gasteiger partial charge in [-0.15, -0.1) is 0 Å². The molecule has 1 atom stereocenters. The molecule has 4 rings (SSSR count). The minimum Gasteiger partial charge on any atom is -0.483 e. The normalized spacial score (nSPS) is 17.2. The first-order valence-electron chi connectivity index (χ1n) is 9.02. The molecule has 1 N–H and O–H groups in total. The van der Waals surface area contributed by atoms with Crippen LogP contribution in [0.15, 0.2) is 59.8 Å². The van der Waals surface area contributed by atoms with Crippen molar-refractivity contribution in [2.24, 2.45) is 0 Å². The fourth-order valence-corrected chi connectivity index (χ4v) is 5.04. The maximum absolute atomic E-state index is 13.1. The largest absolute Gasteiger partial charge is 0.483 e. The minimum absolute atomic E-state index is 0.250. The van der Waals surface area contributed by atoms with E-state index in [9.17, 15) is 8.42 Å². The first-order valence-corrected chi connectivity index (χ1v) is 10.5. The van der Waals surface area contributed by atoms with E-state index in [0.29, 0.717) is 16.5 Å². The molecule has 3 heterocycles. The Morgan fingerprint density at radius 1 is 1.21 bits per heavy atom. The number of hydrogen-bond acceptors (Lipinski definition) is 5. The van der Waals surface area contributed by atoms with Crippen LogP contribution in [0.5, 0.6) is 0 Å². The van der Waals surface area contributed by atoms with Gasteiger partial charge < -0.3 is 10.0 Å². The van der Waals surface area contributed by atoms with E-state index in [0.717, 1.165) is 30.5 Å². The average molecular weight is 401 g/mol. The molecule has 7 nitrogen and oxygen atoms in total. The van der Waals surface area contributed by atoms with Crippen LogP contribution in [0.4, 0.5) is 0 Å². The summed E-state index contributed by atoms with van der Waals surface area (Å²) in [5.74, 6) is 0. The summed E-state index contributed by atoms with van der Waals surface area (Å²) in [4.78, 5) is 15.5. The maximum atomic E-state index is 13.1. The third-order valence-electron chi connectivity index (χ3n) is 5.03. The Morgan fingerprint density at radius 2 is 1.93 bits per heavy atom. The predicted molar refractivity (Wildman–Crippen MR) is 107 cm³/mol. The molecule has 2 aromatic heterocycles. The van der Waals surface area contributed by atoms with Crippen LogP contribution in [-0.4, -0.2) is 53.5 Å². The van der Waals surface area contributed by atoms with Crippen LogP contribution in [0, 0.1) is 0 Å². The molecule has 148 valence electrons. The number of carboxylic acid groups (broad SMARTS) is 1. The van der Waals surface area contributed by atoms with Crippen LogP contribution < -0.4 is 0 Å². The number of hydrogen-bond donors (Lipinski definition) is 1. The van der Waals surface area contributed by atoms with E-state index in [2.05, 4.69) is 16.9 Å². The summed E-state index contributed by atoms with van der Waals surface area (Å²) in [7, 11) is -1.50. The molecule has 28 heavy (non-hydrogen) atoms. The molecule has 0 aliphatic carbocycles. The molecule has 0 saturated carbocycles. The lowest BCUT2D eigenvalue weighted by Gasteiger charge is -2.18. The van der Waals surface area contributed by atoms with Gasteiger partial charge in [0, 0.05) is 18.4 Å². The van der Waals surface area contributed by atoms with Crippen LogP contribution in [0.2, 0.25) is 0 Å². The van der Waals surface area contributed by atoms with Crippen molar-refractivity contribution < 1.29 is 18.3 Å². The molecule has 0 unspecified atom stereocenters. The average Bonchev–Trinajstić information content (AvgIpc) is 3.28. The van der Waals surface area contributed by atoms with Crippen LogP contribution in [0.25, 0.3) is 11.0 Å². The number of likely N-dealkylation sites (N-methyl/N-ethyl adjacent to an activating group) is 1. The Balaban J connectivity index is 0.000000706. The highest BCUT2D eigenvalue weighted by atomic mass is 32.2. The van der Waals surface area contributed by atoms with Crippen molar-refractivity contribution in [2.75, 3.05) is 13.6 Å². The molecule has 1 saturated heterocycles. The lowest BCUT2D eigenvalue weighted by atomic mass is 10.1. The second-order valence-electron chi connectivity index (χ2n) is 6.73. The zero-order chi connectivity index (χ0) is 20.1. The van der Waals surface area contributed by atoms with Gasteiger partial charge in [0.2, 0.25) is 0 Å². The van der Waals surface area contributed by atoms with Crippen molar-refractivity contribution in [2.45, 2.75) is 30.2 Å². The van der Waals surface area contributed by atoms with E-state index in [4.69, 9.17) is 9.90 Å². The second-order valence-corrected chi connectivity index (χ2v) is 8.54. The molecule has 0 radical (unpaired) electrons. The summed E-state index contributed by atoms with van der Waals surface area (Å²) in [5.41, 5.74) is 2.41. The van der Waals surface area contributed by atoms with Crippen molar-refractivity contribution in [1.29, 1.82) is 0 Å². The van der Waals surface area contributed by atoms with Gasteiger partial charge in [-0.3, -0.25) is 9.78 Å². The van der Waals surface area contributed by atoms with Gasteiger partial charge in [-0.2, -0.15) is 0 Å². The summed E-state index contributed by atoms with van der Waals surface area (Å²) in [6.45, 7) is 0.846. The number of carbonyl (C=O) groups is 1. The highest BCUT2D eigenvalue weighted by Gasteiger charge is 2.26. The molecule has 1 fully saturated rings. The Labute approximate surface area is 164 Å². The zero-order valence-corrected chi connectivity index (χ0v) is 16.4. The van der Waals surface area contributed by atoms with Gasteiger partial charge in [0.1, 0.15) is 0 Å².